The molecule has 0 spiro atoms. The van der Waals surface area contributed by atoms with Gasteiger partial charge in [0.2, 0.25) is 0 Å². The predicted molar refractivity (Wildman–Crippen MR) is 97.5 cm³/mol. The fourth-order valence-electron chi connectivity index (χ4n) is 2.13. The van der Waals surface area contributed by atoms with Crippen molar-refractivity contribution in [1.82, 2.24) is 4.90 Å². The summed E-state index contributed by atoms with van der Waals surface area (Å²) in [6.45, 7) is 5.06. The van der Waals surface area contributed by atoms with Crippen LogP contribution in [0.4, 0.5) is 0 Å². The van der Waals surface area contributed by atoms with E-state index in [-0.39, 0.29) is 5.91 Å². The van der Waals surface area contributed by atoms with Gasteiger partial charge in [-0.3, -0.25) is 4.79 Å². The van der Waals surface area contributed by atoms with Gasteiger partial charge in [0.1, 0.15) is 12.4 Å². The Morgan fingerprint density at radius 1 is 1.09 bits per heavy atom. The molecule has 0 fully saturated rings. The number of aryl methyl sites for hydroxylation is 2. The maximum atomic E-state index is 12.5. The van der Waals surface area contributed by atoms with Gasteiger partial charge in [0.25, 0.3) is 5.91 Å². The third kappa shape index (κ3) is 4.00. The van der Waals surface area contributed by atoms with E-state index in [9.17, 15) is 4.79 Å². The van der Waals surface area contributed by atoms with Crippen molar-refractivity contribution >= 4 is 28.5 Å². The SMILES string of the molecule is Cc1ccccc1OCCN(C)C(=O)c1cccc(C)c1I. The Balaban J connectivity index is 1.95. The van der Waals surface area contributed by atoms with Gasteiger partial charge >= 0.3 is 0 Å². The Morgan fingerprint density at radius 2 is 1.77 bits per heavy atom. The maximum Gasteiger partial charge on any atom is 0.254 e. The van der Waals surface area contributed by atoms with E-state index < -0.39 is 0 Å². The van der Waals surface area contributed by atoms with E-state index in [1.165, 1.54) is 0 Å². The van der Waals surface area contributed by atoms with Gasteiger partial charge in [0, 0.05) is 10.6 Å². The van der Waals surface area contributed by atoms with E-state index in [0.29, 0.717) is 13.2 Å². The van der Waals surface area contributed by atoms with Gasteiger partial charge in [-0.25, -0.2) is 0 Å². The van der Waals surface area contributed by atoms with E-state index in [4.69, 9.17) is 4.74 Å². The minimum Gasteiger partial charge on any atom is -0.491 e. The monoisotopic (exact) mass is 409 g/mol. The number of amides is 1. The van der Waals surface area contributed by atoms with Crippen LogP contribution in [0.1, 0.15) is 21.5 Å². The second-order valence-corrected chi connectivity index (χ2v) is 6.36. The highest BCUT2D eigenvalue weighted by Crippen LogP contribution is 2.18. The summed E-state index contributed by atoms with van der Waals surface area (Å²) < 4.78 is 6.76. The van der Waals surface area contributed by atoms with Crippen molar-refractivity contribution in [2.24, 2.45) is 0 Å². The van der Waals surface area contributed by atoms with Gasteiger partial charge in [-0.15, -0.1) is 0 Å². The summed E-state index contributed by atoms with van der Waals surface area (Å²) in [5.74, 6) is 0.898. The molecule has 0 aliphatic rings. The lowest BCUT2D eigenvalue weighted by Crippen LogP contribution is -2.31. The summed E-state index contributed by atoms with van der Waals surface area (Å²) in [5.41, 5.74) is 2.97. The van der Waals surface area contributed by atoms with Crippen LogP contribution in [0.5, 0.6) is 5.75 Å². The van der Waals surface area contributed by atoms with Crippen LogP contribution in [-0.2, 0) is 0 Å². The van der Waals surface area contributed by atoms with Crippen molar-refractivity contribution < 1.29 is 9.53 Å². The summed E-state index contributed by atoms with van der Waals surface area (Å²) in [4.78, 5) is 14.2. The molecule has 0 bridgehead atoms. The molecule has 0 saturated heterocycles. The number of ether oxygens (including phenoxy) is 1. The van der Waals surface area contributed by atoms with Crippen molar-refractivity contribution in [3.63, 3.8) is 0 Å². The molecule has 0 aliphatic carbocycles. The Hall–Kier alpha value is -1.56. The van der Waals surface area contributed by atoms with Crippen molar-refractivity contribution in [2.45, 2.75) is 13.8 Å². The summed E-state index contributed by atoms with van der Waals surface area (Å²) in [6, 6.07) is 13.7. The lowest BCUT2D eigenvalue weighted by molar-refractivity contribution is 0.0772. The number of likely N-dealkylation sites (N-methyl/N-ethyl adjacent to an activating group) is 1. The Kier molecular flexibility index (Phi) is 5.83. The second-order valence-electron chi connectivity index (χ2n) is 5.28. The summed E-state index contributed by atoms with van der Waals surface area (Å²) >= 11 is 2.23. The molecular weight excluding hydrogens is 389 g/mol. The largest absolute Gasteiger partial charge is 0.491 e. The molecule has 0 saturated carbocycles. The minimum atomic E-state index is 0.0292. The van der Waals surface area contributed by atoms with E-state index in [0.717, 1.165) is 26.0 Å². The molecule has 2 aromatic carbocycles. The average Bonchev–Trinajstić information content (AvgIpc) is 2.51. The maximum absolute atomic E-state index is 12.5. The highest BCUT2D eigenvalue weighted by Gasteiger charge is 2.15. The van der Waals surface area contributed by atoms with E-state index in [1.54, 1.807) is 4.90 Å². The molecule has 22 heavy (non-hydrogen) atoms. The molecule has 3 nitrogen and oxygen atoms in total. The number of hydrogen-bond donors (Lipinski definition) is 0. The molecule has 0 unspecified atom stereocenters. The van der Waals surface area contributed by atoms with Gasteiger partial charge < -0.3 is 9.64 Å². The first kappa shape index (κ1) is 16.8. The number of halogens is 1. The predicted octanol–water partition coefficient (Wildman–Crippen LogP) is 4.06. The number of nitrogens with zero attached hydrogens (tertiary/aromatic N) is 1. The van der Waals surface area contributed by atoms with Gasteiger partial charge in [-0.05, 0) is 59.7 Å². The third-order valence-electron chi connectivity index (χ3n) is 3.55. The first-order chi connectivity index (χ1) is 10.5. The molecule has 0 N–H and O–H groups in total. The number of hydrogen-bond acceptors (Lipinski definition) is 2. The van der Waals surface area contributed by atoms with Crippen molar-refractivity contribution in [1.29, 1.82) is 0 Å². The van der Waals surface area contributed by atoms with Gasteiger partial charge in [-0.1, -0.05) is 30.3 Å². The molecule has 0 heterocycles. The molecule has 2 rings (SSSR count). The average molecular weight is 409 g/mol. The van der Waals surface area contributed by atoms with Crippen molar-refractivity contribution in [2.75, 3.05) is 20.2 Å². The standard InChI is InChI=1S/C18H20INO2/c1-13-7-4-5-10-16(13)22-12-11-20(3)18(21)15-9-6-8-14(2)17(15)19/h4-10H,11-12H2,1-3H3. The third-order valence-corrected chi connectivity index (χ3v) is 4.98. The van der Waals surface area contributed by atoms with Crippen molar-refractivity contribution in [3.05, 3.63) is 62.7 Å². The molecule has 0 radical (unpaired) electrons. The molecule has 2 aromatic rings. The number of rotatable bonds is 5. The quantitative estimate of drug-likeness (QED) is 0.698. The summed E-state index contributed by atoms with van der Waals surface area (Å²) in [7, 11) is 1.81. The Bertz CT molecular complexity index is 670. The highest BCUT2D eigenvalue weighted by molar-refractivity contribution is 14.1. The van der Waals surface area contributed by atoms with Crippen LogP contribution in [-0.4, -0.2) is 31.0 Å². The fourth-order valence-corrected chi connectivity index (χ4v) is 2.72. The van der Waals surface area contributed by atoms with Crippen LogP contribution in [0, 0.1) is 17.4 Å². The highest BCUT2D eigenvalue weighted by atomic mass is 127. The number of carbonyl (C=O) groups excluding carboxylic acids is 1. The zero-order valence-corrected chi connectivity index (χ0v) is 15.3. The van der Waals surface area contributed by atoms with E-state index in [2.05, 4.69) is 22.6 Å². The first-order valence-corrected chi connectivity index (χ1v) is 8.27. The molecular formula is C18H20INO2. The van der Waals surface area contributed by atoms with Crippen LogP contribution in [0.2, 0.25) is 0 Å². The Labute approximate surface area is 145 Å². The van der Waals surface area contributed by atoms with Crippen LogP contribution in [0.15, 0.2) is 42.5 Å². The van der Waals surface area contributed by atoms with Crippen LogP contribution < -0.4 is 4.74 Å². The topological polar surface area (TPSA) is 29.5 Å². The smallest absolute Gasteiger partial charge is 0.254 e. The molecule has 0 aromatic heterocycles. The Morgan fingerprint density at radius 3 is 2.50 bits per heavy atom. The van der Waals surface area contributed by atoms with Gasteiger partial charge in [-0.2, -0.15) is 0 Å². The fraction of sp³-hybridized carbons (Fsp3) is 0.278. The number of benzene rings is 2. The van der Waals surface area contributed by atoms with Crippen LogP contribution >= 0.6 is 22.6 Å². The lowest BCUT2D eigenvalue weighted by atomic mass is 10.1. The van der Waals surface area contributed by atoms with E-state index >= 15 is 0 Å². The van der Waals surface area contributed by atoms with Crippen molar-refractivity contribution in [3.8, 4) is 5.75 Å². The second kappa shape index (κ2) is 7.63. The van der Waals surface area contributed by atoms with Gasteiger partial charge in [0.15, 0.2) is 0 Å². The molecule has 4 heteroatoms. The zero-order chi connectivity index (χ0) is 16.1. The van der Waals surface area contributed by atoms with Crippen LogP contribution in [0.25, 0.3) is 0 Å². The number of para-hydroxylation sites is 1. The first-order valence-electron chi connectivity index (χ1n) is 7.19. The normalized spacial score (nSPS) is 10.4. The van der Waals surface area contributed by atoms with Crippen LogP contribution in [0.3, 0.4) is 0 Å². The zero-order valence-electron chi connectivity index (χ0n) is 13.1. The molecule has 116 valence electrons. The number of carbonyl (C=O) groups is 1. The molecule has 0 aliphatic heterocycles. The minimum absolute atomic E-state index is 0.0292. The van der Waals surface area contributed by atoms with E-state index in [1.807, 2.05) is 63.4 Å². The molecule has 1 amide bonds. The molecule has 0 atom stereocenters. The summed E-state index contributed by atoms with van der Waals surface area (Å²) in [5, 5.41) is 0. The summed E-state index contributed by atoms with van der Waals surface area (Å²) in [6.07, 6.45) is 0. The van der Waals surface area contributed by atoms with Gasteiger partial charge in [0.05, 0.1) is 12.1 Å². The lowest BCUT2D eigenvalue weighted by Gasteiger charge is -2.19.